The van der Waals surface area contributed by atoms with Crippen LogP contribution in [-0.2, 0) is 17.8 Å². The molecule has 0 radical (unpaired) electrons. The summed E-state index contributed by atoms with van der Waals surface area (Å²) in [6, 6.07) is 27.2. The predicted molar refractivity (Wildman–Crippen MR) is 157 cm³/mol. The molecule has 0 aromatic heterocycles. The second-order valence-corrected chi connectivity index (χ2v) is 9.94. The fourth-order valence-corrected chi connectivity index (χ4v) is 5.18. The molecule has 7 heteroatoms. The number of nitrogens with two attached hydrogens (primary N) is 1. The molecule has 4 aromatic carbocycles. The molecule has 4 aromatic rings. The zero-order chi connectivity index (χ0) is 28.2. The van der Waals surface area contributed by atoms with Gasteiger partial charge < -0.3 is 21.3 Å². The molecule has 0 spiro atoms. The van der Waals surface area contributed by atoms with E-state index in [1.165, 1.54) is 0 Å². The zero-order valence-corrected chi connectivity index (χ0v) is 22.6. The Hall–Kier alpha value is -4.75. The van der Waals surface area contributed by atoms with Gasteiger partial charge in [-0.1, -0.05) is 60.2 Å². The Morgan fingerprint density at radius 2 is 1.55 bits per heavy atom. The Labute approximate surface area is 234 Å². The van der Waals surface area contributed by atoms with Crippen molar-refractivity contribution in [1.29, 1.82) is 0 Å². The van der Waals surface area contributed by atoms with E-state index in [-0.39, 0.29) is 17.7 Å². The fourth-order valence-electron chi connectivity index (χ4n) is 5.18. The molecule has 1 unspecified atom stereocenters. The zero-order valence-electron chi connectivity index (χ0n) is 22.6. The molecule has 3 amide bonds. The number of carbonyl (C=O) groups excluding carboxylic acids is 3. The first-order valence-electron chi connectivity index (χ1n) is 13.3. The van der Waals surface area contributed by atoms with Crippen molar-refractivity contribution < 1.29 is 14.4 Å². The highest BCUT2D eigenvalue weighted by atomic mass is 16.2. The molecule has 4 N–H and O–H groups in total. The van der Waals surface area contributed by atoms with E-state index < -0.39 is 6.04 Å². The van der Waals surface area contributed by atoms with Gasteiger partial charge in [-0.25, -0.2) is 0 Å². The first-order valence-corrected chi connectivity index (χ1v) is 13.3. The number of nitrogens with zero attached hydrogens (tertiary/aromatic N) is 1. The topological polar surface area (TPSA) is 105 Å². The number of anilines is 1. The Kier molecular flexibility index (Phi) is 7.75. The summed E-state index contributed by atoms with van der Waals surface area (Å²) in [5, 5.41) is 5.67. The fraction of sp³-hybridized carbons (Fsp3) is 0.182. The van der Waals surface area contributed by atoms with Crippen molar-refractivity contribution >= 4 is 23.4 Å². The van der Waals surface area contributed by atoms with Crippen LogP contribution in [0, 0.1) is 6.92 Å². The minimum absolute atomic E-state index is 0.150. The van der Waals surface area contributed by atoms with Crippen molar-refractivity contribution in [2.24, 2.45) is 5.73 Å². The highest BCUT2D eigenvalue weighted by molar-refractivity contribution is 6.02. The van der Waals surface area contributed by atoms with Gasteiger partial charge in [-0.2, -0.15) is 0 Å². The van der Waals surface area contributed by atoms with Crippen LogP contribution in [0.15, 0.2) is 91.0 Å². The molecule has 1 aliphatic rings. The molecule has 0 bridgehead atoms. The molecule has 7 nitrogen and oxygen atoms in total. The van der Waals surface area contributed by atoms with Gasteiger partial charge in [0.25, 0.3) is 17.7 Å². The van der Waals surface area contributed by atoms with E-state index in [4.69, 9.17) is 5.73 Å². The Morgan fingerprint density at radius 1 is 0.875 bits per heavy atom. The second kappa shape index (κ2) is 11.6. The predicted octanol–water partition coefficient (Wildman–Crippen LogP) is 4.86. The smallest absolute Gasteiger partial charge is 0.254 e. The Balaban J connectivity index is 1.54. The van der Waals surface area contributed by atoms with Crippen LogP contribution in [0.1, 0.15) is 49.0 Å². The van der Waals surface area contributed by atoms with E-state index in [9.17, 15) is 14.4 Å². The molecule has 1 heterocycles. The molecule has 40 heavy (non-hydrogen) atoms. The maximum absolute atomic E-state index is 13.9. The van der Waals surface area contributed by atoms with Crippen LogP contribution < -0.4 is 16.4 Å². The third-order valence-corrected chi connectivity index (χ3v) is 7.37. The van der Waals surface area contributed by atoms with Gasteiger partial charge >= 0.3 is 0 Å². The van der Waals surface area contributed by atoms with Crippen LogP contribution in [-0.4, -0.2) is 36.2 Å². The molecule has 1 atom stereocenters. The van der Waals surface area contributed by atoms with E-state index in [0.717, 1.165) is 33.4 Å². The van der Waals surface area contributed by atoms with Gasteiger partial charge in [-0.3, -0.25) is 14.4 Å². The SMILES string of the molecule is CNC(=O)c1ccc(-c2cccc3c2CCN(C(=O)c2ccc(CN)cc2)C3C(=O)Nc2ccc(C)cc2)cc1. The van der Waals surface area contributed by atoms with E-state index in [1.807, 2.05) is 73.7 Å². The summed E-state index contributed by atoms with van der Waals surface area (Å²) in [4.78, 5) is 41.4. The lowest BCUT2D eigenvalue weighted by molar-refractivity contribution is -0.121. The summed E-state index contributed by atoms with van der Waals surface area (Å²) in [6.45, 7) is 2.76. The van der Waals surface area contributed by atoms with Crippen molar-refractivity contribution in [2.75, 3.05) is 18.9 Å². The molecule has 0 saturated carbocycles. The first-order chi connectivity index (χ1) is 19.4. The summed E-state index contributed by atoms with van der Waals surface area (Å²) in [5.74, 6) is -0.634. The van der Waals surface area contributed by atoms with E-state index >= 15 is 0 Å². The molecular weight excluding hydrogens is 500 g/mol. The number of amides is 3. The first kappa shape index (κ1) is 26.8. The quantitative estimate of drug-likeness (QED) is 0.330. The molecule has 202 valence electrons. The Bertz CT molecular complexity index is 1540. The number of hydrogen-bond donors (Lipinski definition) is 3. The Morgan fingerprint density at radius 3 is 2.20 bits per heavy atom. The molecule has 1 aliphatic heterocycles. The number of carbonyl (C=O) groups is 3. The molecular formula is C33H32N4O3. The third-order valence-electron chi connectivity index (χ3n) is 7.37. The number of nitrogens with one attached hydrogen (secondary N) is 2. The summed E-state index contributed by atoms with van der Waals surface area (Å²) in [7, 11) is 1.60. The van der Waals surface area contributed by atoms with Crippen molar-refractivity contribution in [2.45, 2.75) is 25.9 Å². The standard InChI is InChI=1S/C33H32N4O3/c1-21-6-16-26(17-7-21)36-32(39)30-29-5-3-4-27(23-12-14-24(15-13-23)31(38)35-2)28(29)18-19-37(30)33(40)25-10-8-22(20-34)9-11-25/h3-17,30H,18-20,34H2,1-2H3,(H,35,38)(H,36,39). The van der Waals surface area contributed by atoms with Gasteiger partial charge in [-0.15, -0.1) is 0 Å². The highest BCUT2D eigenvalue weighted by Gasteiger charge is 2.37. The monoisotopic (exact) mass is 532 g/mol. The number of rotatable bonds is 6. The van der Waals surface area contributed by atoms with Gasteiger partial charge in [0, 0.05) is 37.0 Å². The highest BCUT2D eigenvalue weighted by Crippen LogP contribution is 2.37. The van der Waals surface area contributed by atoms with Crippen LogP contribution in [0.2, 0.25) is 0 Å². The maximum atomic E-state index is 13.9. The number of fused-ring (bicyclic) bond motifs is 1. The van der Waals surface area contributed by atoms with Crippen molar-refractivity contribution in [3.8, 4) is 11.1 Å². The normalized spacial score (nSPS) is 14.3. The van der Waals surface area contributed by atoms with Crippen LogP contribution in [0.3, 0.4) is 0 Å². The second-order valence-electron chi connectivity index (χ2n) is 9.94. The molecule has 0 saturated heterocycles. The van der Waals surface area contributed by atoms with Crippen LogP contribution in [0.5, 0.6) is 0 Å². The summed E-state index contributed by atoms with van der Waals surface area (Å²) in [6.07, 6.45) is 0.587. The summed E-state index contributed by atoms with van der Waals surface area (Å²) in [5.41, 5.74) is 13.2. The minimum Gasteiger partial charge on any atom is -0.355 e. The lowest BCUT2D eigenvalue weighted by Crippen LogP contribution is -2.45. The lowest BCUT2D eigenvalue weighted by atomic mass is 9.85. The van der Waals surface area contributed by atoms with Crippen molar-refractivity contribution in [1.82, 2.24) is 10.2 Å². The van der Waals surface area contributed by atoms with Gasteiger partial charge in [-0.05, 0) is 77.6 Å². The van der Waals surface area contributed by atoms with E-state index in [2.05, 4.69) is 10.6 Å². The lowest BCUT2D eigenvalue weighted by Gasteiger charge is -2.37. The van der Waals surface area contributed by atoms with Gasteiger partial charge in [0.05, 0.1) is 0 Å². The summed E-state index contributed by atoms with van der Waals surface area (Å²) < 4.78 is 0. The average Bonchev–Trinajstić information content (AvgIpc) is 3.00. The summed E-state index contributed by atoms with van der Waals surface area (Å²) >= 11 is 0. The van der Waals surface area contributed by atoms with Gasteiger partial charge in [0.2, 0.25) is 0 Å². The van der Waals surface area contributed by atoms with E-state index in [1.54, 1.807) is 36.2 Å². The number of hydrogen-bond acceptors (Lipinski definition) is 4. The van der Waals surface area contributed by atoms with Gasteiger partial charge in [0.15, 0.2) is 0 Å². The van der Waals surface area contributed by atoms with Crippen LogP contribution in [0.4, 0.5) is 5.69 Å². The maximum Gasteiger partial charge on any atom is 0.254 e. The minimum atomic E-state index is -0.822. The molecule has 5 rings (SSSR count). The number of aryl methyl sites for hydroxylation is 1. The van der Waals surface area contributed by atoms with Crippen molar-refractivity contribution in [3.05, 3.63) is 124 Å². The largest absolute Gasteiger partial charge is 0.355 e. The third kappa shape index (κ3) is 5.37. The van der Waals surface area contributed by atoms with Crippen molar-refractivity contribution in [3.63, 3.8) is 0 Å². The number of benzene rings is 4. The molecule has 0 fully saturated rings. The van der Waals surface area contributed by atoms with Gasteiger partial charge in [0.1, 0.15) is 6.04 Å². The molecule has 0 aliphatic carbocycles. The van der Waals surface area contributed by atoms with E-state index in [0.29, 0.717) is 36.3 Å². The van der Waals surface area contributed by atoms with Crippen LogP contribution in [0.25, 0.3) is 11.1 Å². The average molecular weight is 533 g/mol. The van der Waals surface area contributed by atoms with Crippen LogP contribution >= 0.6 is 0 Å².